The number of hydrogen-bond acceptors (Lipinski definition) is 5. The number of ether oxygens (including phenoxy) is 3. The van der Waals surface area contributed by atoms with E-state index in [-0.39, 0.29) is 24.3 Å². The van der Waals surface area contributed by atoms with Crippen LogP contribution in [-0.4, -0.2) is 56.8 Å². The third-order valence-corrected chi connectivity index (χ3v) is 4.45. The van der Waals surface area contributed by atoms with Gasteiger partial charge in [-0.25, -0.2) is 4.79 Å². The fourth-order valence-corrected chi connectivity index (χ4v) is 3.47. The van der Waals surface area contributed by atoms with Gasteiger partial charge in [-0.2, -0.15) is 0 Å². The summed E-state index contributed by atoms with van der Waals surface area (Å²) in [5.74, 6) is 0.802. The molecular weight excluding hydrogens is 296 g/mol. The van der Waals surface area contributed by atoms with Crippen LogP contribution in [0.2, 0.25) is 0 Å². The molecule has 1 saturated carbocycles. The number of rotatable bonds is 6. The predicted molar refractivity (Wildman–Crippen MR) is 88.5 cm³/mol. The van der Waals surface area contributed by atoms with E-state index in [1.54, 1.807) is 7.11 Å². The van der Waals surface area contributed by atoms with Crippen molar-refractivity contribution in [2.75, 3.05) is 26.9 Å². The van der Waals surface area contributed by atoms with Gasteiger partial charge in [-0.15, -0.1) is 0 Å². The van der Waals surface area contributed by atoms with Crippen LogP contribution >= 0.6 is 0 Å². The summed E-state index contributed by atoms with van der Waals surface area (Å²) >= 11 is 0. The largest absolute Gasteiger partial charge is 0.444 e. The van der Waals surface area contributed by atoms with E-state index in [9.17, 15) is 4.79 Å². The van der Waals surface area contributed by atoms with Crippen molar-refractivity contribution >= 4 is 6.09 Å². The monoisotopic (exact) mass is 328 g/mol. The Morgan fingerprint density at radius 1 is 1.35 bits per heavy atom. The molecule has 2 aliphatic rings. The molecule has 6 nitrogen and oxygen atoms in total. The number of hydrogen-bond donors (Lipinski definition) is 2. The molecule has 0 aromatic carbocycles. The lowest BCUT2D eigenvalue weighted by Crippen LogP contribution is -2.73. The van der Waals surface area contributed by atoms with Gasteiger partial charge in [-0.05, 0) is 39.5 Å². The number of nitrogens with one attached hydrogen (secondary N) is 2. The van der Waals surface area contributed by atoms with Gasteiger partial charge < -0.3 is 24.8 Å². The number of carbonyl (C=O) groups is 1. The molecular formula is C17H32N2O4. The van der Waals surface area contributed by atoms with Crippen LogP contribution in [0.4, 0.5) is 4.79 Å². The summed E-state index contributed by atoms with van der Waals surface area (Å²) in [6, 6.07) is 0.219. The minimum absolute atomic E-state index is 0.0740. The average molecular weight is 328 g/mol. The molecule has 2 rings (SSSR count). The molecule has 0 spiro atoms. The quantitative estimate of drug-likeness (QED) is 0.780. The molecule has 5 atom stereocenters. The number of fused-ring (bicyclic) bond motifs is 1. The third kappa shape index (κ3) is 5.06. The minimum Gasteiger partial charge on any atom is -0.444 e. The van der Waals surface area contributed by atoms with Gasteiger partial charge in [-0.1, -0.05) is 6.92 Å². The topological polar surface area (TPSA) is 68.8 Å². The first-order valence-electron chi connectivity index (χ1n) is 8.65. The lowest BCUT2D eigenvalue weighted by molar-refractivity contribution is -0.128. The molecule has 23 heavy (non-hydrogen) atoms. The Balaban J connectivity index is 1.90. The standard InChI is InChI=1S/C17H32N2O4/c1-11(10-21-5)9-18-14-13(12-7-6-8-22-15(12)14)19-16(20)23-17(2,3)4/h11-15,18H,6-10H2,1-5H3,(H,19,20). The maximum absolute atomic E-state index is 12.1. The van der Waals surface area contributed by atoms with Gasteiger partial charge in [0.15, 0.2) is 0 Å². The second-order valence-electron chi connectivity index (χ2n) is 7.81. The van der Waals surface area contributed by atoms with Crippen molar-refractivity contribution in [3.05, 3.63) is 0 Å². The predicted octanol–water partition coefficient (Wildman–Crippen LogP) is 1.93. The molecule has 0 bridgehead atoms. The summed E-state index contributed by atoms with van der Waals surface area (Å²) in [4.78, 5) is 12.1. The second-order valence-corrected chi connectivity index (χ2v) is 7.81. The highest BCUT2D eigenvalue weighted by atomic mass is 16.6. The molecule has 1 amide bonds. The molecule has 0 aromatic heterocycles. The molecule has 2 N–H and O–H groups in total. The molecule has 6 heteroatoms. The Labute approximate surface area is 139 Å². The van der Waals surface area contributed by atoms with Crippen LogP contribution in [0.3, 0.4) is 0 Å². The zero-order chi connectivity index (χ0) is 17.0. The van der Waals surface area contributed by atoms with Crippen LogP contribution in [0.1, 0.15) is 40.5 Å². The Kier molecular flexibility index (Phi) is 6.28. The van der Waals surface area contributed by atoms with Crippen LogP contribution in [0, 0.1) is 11.8 Å². The molecule has 2 fully saturated rings. The van der Waals surface area contributed by atoms with Crippen molar-refractivity contribution in [2.45, 2.75) is 64.3 Å². The van der Waals surface area contributed by atoms with Crippen LogP contribution in [-0.2, 0) is 14.2 Å². The summed E-state index contributed by atoms with van der Waals surface area (Å²) in [6.45, 7) is 10.2. The van der Waals surface area contributed by atoms with E-state index in [0.717, 1.165) is 32.6 Å². The van der Waals surface area contributed by atoms with Gasteiger partial charge in [-0.3, -0.25) is 0 Å². The highest BCUT2D eigenvalue weighted by Crippen LogP contribution is 2.38. The van der Waals surface area contributed by atoms with Crippen LogP contribution in [0.15, 0.2) is 0 Å². The van der Waals surface area contributed by atoms with Crippen LogP contribution in [0.25, 0.3) is 0 Å². The molecule has 1 aliphatic carbocycles. The zero-order valence-electron chi connectivity index (χ0n) is 15.1. The van der Waals surface area contributed by atoms with E-state index in [0.29, 0.717) is 11.8 Å². The van der Waals surface area contributed by atoms with Crippen molar-refractivity contribution in [1.82, 2.24) is 10.6 Å². The van der Waals surface area contributed by atoms with E-state index in [1.807, 2.05) is 20.8 Å². The van der Waals surface area contributed by atoms with Crippen LogP contribution < -0.4 is 10.6 Å². The van der Waals surface area contributed by atoms with E-state index in [1.165, 1.54) is 0 Å². The average Bonchev–Trinajstić information content (AvgIpc) is 2.44. The normalized spacial score (nSPS) is 31.7. The fourth-order valence-electron chi connectivity index (χ4n) is 3.47. The number of methoxy groups -OCH3 is 1. The van der Waals surface area contributed by atoms with E-state index in [4.69, 9.17) is 14.2 Å². The summed E-state index contributed by atoms with van der Waals surface area (Å²) in [5, 5.41) is 6.59. The smallest absolute Gasteiger partial charge is 0.407 e. The van der Waals surface area contributed by atoms with Crippen molar-refractivity contribution in [2.24, 2.45) is 11.8 Å². The van der Waals surface area contributed by atoms with E-state index >= 15 is 0 Å². The maximum atomic E-state index is 12.1. The number of alkyl carbamates (subject to hydrolysis) is 1. The molecule has 134 valence electrons. The first-order chi connectivity index (χ1) is 10.8. The van der Waals surface area contributed by atoms with Gasteiger partial charge in [0.05, 0.1) is 18.2 Å². The van der Waals surface area contributed by atoms with Gasteiger partial charge in [0.2, 0.25) is 0 Å². The molecule has 0 radical (unpaired) electrons. The third-order valence-electron chi connectivity index (χ3n) is 4.45. The Morgan fingerprint density at radius 3 is 2.74 bits per heavy atom. The van der Waals surface area contributed by atoms with E-state index in [2.05, 4.69) is 17.6 Å². The summed E-state index contributed by atoms with van der Waals surface area (Å²) in [6.07, 6.45) is 2.00. The van der Waals surface area contributed by atoms with E-state index < -0.39 is 5.60 Å². The first-order valence-corrected chi connectivity index (χ1v) is 8.65. The molecule has 1 heterocycles. The number of amides is 1. The number of carbonyl (C=O) groups excluding carboxylic acids is 1. The van der Waals surface area contributed by atoms with Gasteiger partial charge in [0.1, 0.15) is 5.60 Å². The van der Waals surface area contributed by atoms with Gasteiger partial charge >= 0.3 is 6.09 Å². The van der Waals surface area contributed by atoms with Crippen molar-refractivity contribution in [1.29, 1.82) is 0 Å². The highest BCUT2D eigenvalue weighted by molar-refractivity contribution is 5.68. The maximum Gasteiger partial charge on any atom is 0.407 e. The van der Waals surface area contributed by atoms with Gasteiger partial charge in [0.25, 0.3) is 0 Å². The van der Waals surface area contributed by atoms with Crippen molar-refractivity contribution in [3.8, 4) is 0 Å². The fraction of sp³-hybridized carbons (Fsp3) is 0.941. The first kappa shape index (κ1) is 18.5. The summed E-state index contributed by atoms with van der Waals surface area (Å²) in [7, 11) is 1.72. The summed E-state index contributed by atoms with van der Waals surface area (Å²) in [5.41, 5.74) is -0.480. The second kappa shape index (κ2) is 7.81. The molecule has 0 aromatic rings. The van der Waals surface area contributed by atoms with Gasteiger partial charge in [0, 0.05) is 32.8 Å². The lowest BCUT2D eigenvalue weighted by atomic mass is 9.68. The Hall–Kier alpha value is -0.850. The minimum atomic E-state index is -0.480. The molecule has 1 aliphatic heterocycles. The summed E-state index contributed by atoms with van der Waals surface area (Å²) < 4.78 is 16.5. The lowest BCUT2D eigenvalue weighted by Gasteiger charge is -2.54. The van der Waals surface area contributed by atoms with Crippen molar-refractivity contribution in [3.63, 3.8) is 0 Å². The zero-order valence-corrected chi connectivity index (χ0v) is 15.1. The molecule has 5 unspecified atom stereocenters. The van der Waals surface area contributed by atoms with Crippen LogP contribution in [0.5, 0.6) is 0 Å². The SMILES string of the molecule is COCC(C)CNC1C(NC(=O)OC(C)(C)C)C2CCCOC21. The highest BCUT2D eigenvalue weighted by Gasteiger charge is 2.53. The Morgan fingerprint density at radius 2 is 2.09 bits per heavy atom. The van der Waals surface area contributed by atoms with Crippen molar-refractivity contribution < 1.29 is 19.0 Å². The Bertz CT molecular complexity index is 397. The molecule has 1 saturated heterocycles.